The first kappa shape index (κ1) is 17.6. The van der Waals surface area contributed by atoms with Crippen molar-refractivity contribution in [2.45, 2.75) is 30.8 Å². The second kappa shape index (κ2) is 6.28. The molecule has 0 saturated carbocycles. The number of hydrogen-bond donors (Lipinski definition) is 5. The molecule has 0 radical (unpaired) electrons. The normalized spacial score (nSPS) is 25.8. The van der Waals surface area contributed by atoms with Gasteiger partial charge in [-0.1, -0.05) is 0 Å². The predicted octanol–water partition coefficient (Wildman–Crippen LogP) is -2.64. The predicted molar refractivity (Wildman–Crippen MR) is 93.5 cm³/mol. The first-order valence-electron chi connectivity index (χ1n) is 8.47. The number of imidazole rings is 2. The van der Waals surface area contributed by atoms with Gasteiger partial charge in [0.2, 0.25) is 0 Å². The fourth-order valence-electron chi connectivity index (χ4n) is 3.43. The van der Waals surface area contributed by atoms with Gasteiger partial charge in [-0.2, -0.15) is 0 Å². The number of ether oxygens (including phenoxy) is 1. The molecule has 0 aromatic carbocycles. The Labute approximate surface area is 159 Å². The van der Waals surface area contributed by atoms with Gasteiger partial charge < -0.3 is 30.0 Å². The number of aromatic nitrogens is 8. The lowest BCUT2D eigenvalue weighted by atomic mass is 10.1. The fourth-order valence-corrected chi connectivity index (χ4v) is 3.43. The molecule has 0 spiro atoms. The number of nitrogens with one attached hydrogen (secondary N) is 2. The average Bonchev–Trinajstić information content (AvgIpc) is 3.40. The second-order valence-corrected chi connectivity index (χ2v) is 6.50. The van der Waals surface area contributed by atoms with E-state index in [4.69, 9.17) is 4.74 Å². The minimum Gasteiger partial charge on any atom is -0.387 e. The van der Waals surface area contributed by atoms with Crippen molar-refractivity contribution in [3.05, 3.63) is 46.0 Å². The first-order chi connectivity index (χ1) is 14.0. The first-order valence-corrected chi connectivity index (χ1v) is 8.47. The third kappa shape index (κ3) is 2.51. The van der Waals surface area contributed by atoms with Crippen LogP contribution in [0.1, 0.15) is 12.5 Å². The highest BCUT2D eigenvalue weighted by Gasteiger charge is 2.48. The van der Waals surface area contributed by atoms with Crippen LogP contribution in [0.4, 0.5) is 0 Å². The molecule has 1 saturated heterocycles. The molecule has 0 unspecified atom stereocenters. The Balaban J connectivity index is 1.52. The van der Waals surface area contributed by atoms with Crippen molar-refractivity contribution in [1.29, 1.82) is 0 Å². The lowest BCUT2D eigenvalue weighted by Crippen LogP contribution is -2.36. The Kier molecular flexibility index (Phi) is 3.82. The van der Waals surface area contributed by atoms with E-state index in [0.29, 0.717) is 0 Å². The number of rotatable bonds is 3. The summed E-state index contributed by atoms with van der Waals surface area (Å²) in [4.78, 5) is 44.2. The van der Waals surface area contributed by atoms with E-state index in [0.717, 1.165) is 10.9 Å². The molecular weight excluding hydrogens is 388 g/mol. The van der Waals surface area contributed by atoms with Crippen molar-refractivity contribution in [3.8, 4) is 0 Å². The van der Waals surface area contributed by atoms with Gasteiger partial charge in [0, 0.05) is 0 Å². The Bertz CT molecular complexity index is 1320. The molecule has 5 atom stereocenters. The molecule has 1 aliphatic rings. The third-order valence-corrected chi connectivity index (χ3v) is 4.86. The molecule has 14 nitrogen and oxygen atoms in total. The zero-order valence-corrected chi connectivity index (χ0v) is 14.4. The summed E-state index contributed by atoms with van der Waals surface area (Å²) in [7, 11) is 0. The molecule has 0 aliphatic carbocycles. The van der Waals surface area contributed by atoms with E-state index in [-0.39, 0.29) is 22.3 Å². The molecule has 0 bridgehead atoms. The van der Waals surface area contributed by atoms with Gasteiger partial charge in [-0.25, -0.2) is 19.9 Å². The van der Waals surface area contributed by atoms with Gasteiger partial charge in [-0.05, 0) is 0 Å². The minimum absolute atomic E-state index is 0.000152. The Morgan fingerprint density at radius 2 is 1.55 bits per heavy atom. The summed E-state index contributed by atoms with van der Waals surface area (Å²) in [5.74, 6) is 0. The lowest BCUT2D eigenvalue weighted by Gasteiger charge is -2.22. The van der Waals surface area contributed by atoms with Crippen molar-refractivity contribution in [2.24, 2.45) is 0 Å². The maximum atomic E-state index is 11.8. The Morgan fingerprint density at radius 1 is 0.931 bits per heavy atom. The fraction of sp³-hybridized carbons (Fsp3) is 0.333. The Hall–Kier alpha value is -3.46. The number of hydrogen-bond acceptors (Lipinski definition) is 10. The highest BCUT2D eigenvalue weighted by atomic mass is 16.6. The van der Waals surface area contributed by atoms with Crippen LogP contribution in [0.25, 0.3) is 22.3 Å². The van der Waals surface area contributed by atoms with Crippen LogP contribution in [-0.2, 0) is 4.74 Å². The molecule has 0 amide bonds. The summed E-state index contributed by atoms with van der Waals surface area (Å²) in [5.41, 5.74) is -0.712. The SMILES string of the molecule is O=c1[nH]cnc2c1ncn2[C@H](O)[C@H]1O[C@@H](n2cnc3c(=O)[nH]cnc32)[C@H](O)[C@@H]1O. The van der Waals surface area contributed by atoms with Gasteiger partial charge in [-0.15, -0.1) is 0 Å². The maximum absolute atomic E-state index is 11.8. The summed E-state index contributed by atoms with van der Waals surface area (Å²) in [6.07, 6.45) is -2.20. The van der Waals surface area contributed by atoms with Gasteiger partial charge in [0.05, 0.1) is 25.3 Å². The highest BCUT2D eigenvalue weighted by Crippen LogP contribution is 2.35. The molecule has 14 heteroatoms. The van der Waals surface area contributed by atoms with Crippen LogP contribution in [0, 0.1) is 0 Å². The van der Waals surface area contributed by atoms with Crippen LogP contribution in [0.5, 0.6) is 0 Å². The number of aliphatic hydroxyl groups is 3. The summed E-state index contributed by atoms with van der Waals surface area (Å²) >= 11 is 0. The molecular formula is C15H14N8O6. The quantitative estimate of drug-likeness (QED) is 0.241. The molecule has 1 aliphatic heterocycles. The van der Waals surface area contributed by atoms with Crippen LogP contribution in [0.2, 0.25) is 0 Å². The summed E-state index contributed by atoms with van der Waals surface area (Å²) in [6.45, 7) is 0. The van der Waals surface area contributed by atoms with Crippen molar-refractivity contribution in [3.63, 3.8) is 0 Å². The zero-order chi connectivity index (χ0) is 20.3. The summed E-state index contributed by atoms with van der Waals surface area (Å²) < 4.78 is 8.15. The van der Waals surface area contributed by atoms with Gasteiger partial charge in [0.15, 0.2) is 34.8 Å². The standard InChI is InChI=1S/C15H14N8O6/c24-7-8(25)15(23-4-21-6-11(23)17-2-19-13(6)27)29-9(7)14(28)22-3-20-5-10(22)16-1-18-12(5)26/h1-4,7-9,14-15,24-25,28H,(H,16,18,26)(H,17,19,27)/t7-,8+,9-,14+,15+/m0/s1. The van der Waals surface area contributed by atoms with Crippen LogP contribution < -0.4 is 11.1 Å². The van der Waals surface area contributed by atoms with E-state index in [1.54, 1.807) is 0 Å². The van der Waals surface area contributed by atoms with E-state index in [1.165, 1.54) is 23.5 Å². The average molecular weight is 402 g/mol. The third-order valence-electron chi connectivity index (χ3n) is 4.86. The maximum Gasteiger partial charge on any atom is 0.278 e. The number of H-pyrrole nitrogens is 2. The van der Waals surface area contributed by atoms with Gasteiger partial charge in [-0.3, -0.25) is 18.7 Å². The van der Waals surface area contributed by atoms with Crippen LogP contribution >= 0.6 is 0 Å². The van der Waals surface area contributed by atoms with Crippen molar-refractivity contribution in [2.75, 3.05) is 0 Å². The summed E-state index contributed by atoms with van der Waals surface area (Å²) in [6, 6.07) is 0. The molecule has 1 fully saturated rings. The van der Waals surface area contributed by atoms with Crippen LogP contribution in [-0.4, -0.2) is 72.7 Å². The monoisotopic (exact) mass is 402 g/mol. The minimum atomic E-state index is -1.52. The molecule has 5 N–H and O–H groups in total. The molecule has 5 rings (SSSR count). The van der Waals surface area contributed by atoms with Crippen LogP contribution in [0.15, 0.2) is 34.9 Å². The number of aliphatic hydroxyl groups excluding tert-OH is 3. The number of fused-ring (bicyclic) bond motifs is 2. The zero-order valence-electron chi connectivity index (χ0n) is 14.4. The van der Waals surface area contributed by atoms with Gasteiger partial charge in [0.25, 0.3) is 11.1 Å². The van der Waals surface area contributed by atoms with E-state index in [2.05, 4.69) is 29.9 Å². The van der Waals surface area contributed by atoms with Gasteiger partial charge >= 0.3 is 0 Å². The molecule has 150 valence electrons. The lowest BCUT2D eigenvalue weighted by molar-refractivity contribution is -0.108. The van der Waals surface area contributed by atoms with Crippen molar-refractivity contribution in [1.82, 2.24) is 39.0 Å². The summed E-state index contributed by atoms with van der Waals surface area (Å²) in [5, 5.41) is 31.7. The number of aromatic amines is 2. The number of nitrogens with zero attached hydrogens (tertiary/aromatic N) is 6. The van der Waals surface area contributed by atoms with Crippen LogP contribution in [0.3, 0.4) is 0 Å². The highest BCUT2D eigenvalue weighted by molar-refractivity contribution is 5.69. The molecule has 5 heterocycles. The van der Waals surface area contributed by atoms with Crippen molar-refractivity contribution < 1.29 is 20.1 Å². The second-order valence-electron chi connectivity index (χ2n) is 6.50. The largest absolute Gasteiger partial charge is 0.387 e. The molecule has 29 heavy (non-hydrogen) atoms. The van der Waals surface area contributed by atoms with E-state index >= 15 is 0 Å². The van der Waals surface area contributed by atoms with Crippen molar-refractivity contribution >= 4 is 22.3 Å². The smallest absolute Gasteiger partial charge is 0.278 e. The van der Waals surface area contributed by atoms with E-state index in [9.17, 15) is 24.9 Å². The topological polar surface area (TPSA) is 197 Å². The van der Waals surface area contributed by atoms with E-state index < -0.39 is 41.9 Å². The van der Waals surface area contributed by atoms with Gasteiger partial charge in [0.1, 0.15) is 18.3 Å². The van der Waals surface area contributed by atoms with E-state index in [1.807, 2.05) is 0 Å². The molecule has 4 aromatic heterocycles. The Morgan fingerprint density at radius 3 is 2.28 bits per heavy atom. The molecule has 4 aromatic rings.